The van der Waals surface area contributed by atoms with Crippen molar-refractivity contribution in [2.45, 2.75) is 108 Å². The van der Waals surface area contributed by atoms with Crippen molar-refractivity contribution >= 4 is 5.97 Å². The molecule has 0 aromatic heterocycles. The highest BCUT2D eigenvalue weighted by molar-refractivity contribution is 5.78. The summed E-state index contributed by atoms with van der Waals surface area (Å²) in [5.41, 5.74) is -0.312. The predicted octanol–water partition coefficient (Wildman–Crippen LogP) is 2.48. The van der Waals surface area contributed by atoms with Gasteiger partial charge >= 0.3 is 5.97 Å². The fourth-order valence-electron chi connectivity index (χ4n) is 6.85. The summed E-state index contributed by atoms with van der Waals surface area (Å²) in [6, 6.07) is 0. The number of esters is 1. The molecule has 4 N–H and O–H groups in total. The first-order chi connectivity index (χ1) is 19.0. The fraction of sp³-hybridized carbons (Fsp3) is 0.710. The molecule has 0 amide bonds. The predicted molar refractivity (Wildman–Crippen MR) is 146 cm³/mol. The summed E-state index contributed by atoms with van der Waals surface area (Å²) in [6.07, 6.45) is 7.37. The quantitative estimate of drug-likeness (QED) is 0.282. The van der Waals surface area contributed by atoms with Gasteiger partial charge in [0.2, 0.25) is 0 Å². The molecule has 40 heavy (non-hydrogen) atoms. The maximum Gasteiger partial charge on any atom is 0.316 e. The van der Waals surface area contributed by atoms with Crippen LogP contribution in [0.3, 0.4) is 0 Å². The standard InChI is InChI=1S/C31H44O9/c1-17-10-11-30(39-20(17)4)14-24-13-23(40-30)9-8-21(15-32)26(33)18(2)6-5-7-22-16-37-28-27(34)19(3)12-25(29(35)38-24)31(22,28)36/h5-8,12,17-18,20,23-28,32-34,36H,9-11,13-16H2,1-4H3. The number of ether oxygens (including phenoxy) is 4. The summed E-state index contributed by atoms with van der Waals surface area (Å²) in [7, 11) is 0. The Labute approximate surface area is 236 Å². The number of aliphatic hydroxyl groups excluding tert-OH is 3. The minimum Gasteiger partial charge on any atom is -0.462 e. The highest BCUT2D eigenvalue weighted by Gasteiger charge is 2.60. The van der Waals surface area contributed by atoms with Crippen LogP contribution in [0.4, 0.5) is 0 Å². The number of aliphatic hydroxyl groups is 4. The Morgan fingerprint density at radius 1 is 1.10 bits per heavy atom. The smallest absolute Gasteiger partial charge is 0.316 e. The van der Waals surface area contributed by atoms with Gasteiger partial charge in [0.1, 0.15) is 29.8 Å². The summed E-state index contributed by atoms with van der Waals surface area (Å²) in [5.74, 6) is -2.54. The van der Waals surface area contributed by atoms with Crippen molar-refractivity contribution in [1.82, 2.24) is 0 Å². The molecule has 9 nitrogen and oxygen atoms in total. The molecule has 2 bridgehead atoms. The molecule has 4 heterocycles. The van der Waals surface area contributed by atoms with Gasteiger partial charge in [0.15, 0.2) is 5.79 Å². The molecule has 0 saturated carbocycles. The largest absolute Gasteiger partial charge is 0.462 e. The van der Waals surface area contributed by atoms with E-state index in [1.54, 1.807) is 31.2 Å². The zero-order valence-corrected chi connectivity index (χ0v) is 23.9. The SMILES string of the molecule is CC1=CC2C(=O)OC3CC(CC=C(CO)C(O)C(C)C=CC=C4COC(C1O)C42O)OC1(CCC(C)C(C)O1)C3. The van der Waals surface area contributed by atoms with E-state index in [-0.39, 0.29) is 31.3 Å². The molecule has 9 heteroatoms. The first-order valence-electron chi connectivity index (χ1n) is 14.6. The van der Waals surface area contributed by atoms with Crippen molar-refractivity contribution in [2.75, 3.05) is 13.2 Å². The number of fused-ring (bicyclic) bond motifs is 2. The van der Waals surface area contributed by atoms with Crippen LogP contribution in [-0.2, 0) is 23.7 Å². The van der Waals surface area contributed by atoms with Crippen LogP contribution in [0.5, 0.6) is 0 Å². The Hall–Kier alpha value is -1.85. The van der Waals surface area contributed by atoms with E-state index in [4.69, 9.17) is 18.9 Å². The van der Waals surface area contributed by atoms with Gasteiger partial charge in [-0.05, 0) is 49.3 Å². The topological polar surface area (TPSA) is 135 Å². The van der Waals surface area contributed by atoms with E-state index in [2.05, 4.69) is 6.92 Å². The van der Waals surface area contributed by atoms with E-state index in [0.717, 1.165) is 6.42 Å². The molecule has 5 aliphatic rings. The Kier molecular flexibility index (Phi) is 8.47. The van der Waals surface area contributed by atoms with Crippen LogP contribution >= 0.6 is 0 Å². The number of hydrogen-bond acceptors (Lipinski definition) is 9. The van der Waals surface area contributed by atoms with Crippen LogP contribution in [0.25, 0.3) is 0 Å². The molecule has 0 aromatic rings. The third-order valence-corrected chi connectivity index (χ3v) is 9.60. The molecule has 4 aliphatic heterocycles. The molecule has 5 rings (SSSR count). The number of carbonyl (C=O) groups is 1. The zero-order valence-electron chi connectivity index (χ0n) is 23.9. The second kappa shape index (κ2) is 11.4. The fourth-order valence-corrected chi connectivity index (χ4v) is 6.85. The number of hydrogen-bond donors (Lipinski definition) is 4. The number of rotatable bonds is 1. The van der Waals surface area contributed by atoms with Gasteiger partial charge in [-0.25, -0.2) is 0 Å². The first-order valence-corrected chi connectivity index (χ1v) is 14.6. The second-order valence-electron chi connectivity index (χ2n) is 12.4. The Bertz CT molecular complexity index is 1090. The third kappa shape index (κ3) is 5.38. The summed E-state index contributed by atoms with van der Waals surface area (Å²) in [4.78, 5) is 13.8. The van der Waals surface area contributed by atoms with Crippen molar-refractivity contribution in [2.24, 2.45) is 17.8 Å². The second-order valence-corrected chi connectivity index (χ2v) is 12.4. The lowest BCUT2D eigenvalue weighted by Crippen LogP contribution is -2.58. The van der Waals surface area contributed by atoms with Gasteiger partial charge in [-0.1, -0.05) is 44.2 Å². The average Bonchev–Trinajstić information content (AvgIpc) is 3.25. The normalized spacial score (nSPS) is 46.2. The lowest BCUT2D eigenvalue weighted by atomic mass is 9.71. The summed E-state index contributed by atoms with van der Waals surface area (Å²) >= 11 is 0. The molecular weight excluding hydrogens is 516 g/mol. The van der Waals surface area contributed by atoms with E-state index in [0.29, 0.717) is 48.3 Å². The van der Waals surface area contributed by atoms with Gasteiger partial charge in [-0.3, -0.25) is 4.79 Å². The van der Waals surface area contributed by atoms with E-state index >= 15 is 0 Å². The van der Waals surface area contributed by atoms with Crippen molar-refractivity contribution in [3.8, 4) is 0 Å². The Morgan fingerprint density at radius 3 is 2.60 bits per heavy atom. The van der Waals surface area contributed by atoms with Crippen molar-refractivity contribution in [1.29, 1.82) is 0 Å². The van der Waals surface area contributed by atoms with Crippen molar-refractivity contribution < 1.29 is 44.2 Å². The molecule has 3 fully saturated rings. The maximum atomic E-state index is 13.8. The van der Waals surface area contributed by atoms with Crippen molar-refractivity contribution in [3.63, 3.8) is 0 Å². The van der Waals surface area contributed by atoms with Gasteiger partial charge in [-0.2, -0.15) is 0 Å². The Morgan fingerprint density at radius 2 is 1.88 bits per heavy atom. The lowest BCUT2D eigenvalue weighted by molar-refractivity contribution is -0.332. The maximum absolute atomic E-state index is 13.8. The van der Waals surface area contributed by atoms with E-state index in [9.17, 15) is 25.2 Å². The van der Waals surface area contributed by atoms with E-state index in [1.165, 1.54) is 0 Å². The molecule has 1 spiro atoms. The van der Waals surface area contributed by atoms with Crippen LogP contribution in [0.15, 0.2) is 47.1 Å². The summed E-state index contributed by atoms with van der Waals surface area (Å²) in [6.45, 7) is 7.46. The lowest BCUT2D eigenvalue weighted by Gasteiger charge is -2.49. The van der Waals surface area contributed by atoms with Crippen molar-refractivity contribution in [3.05, 3.63) is 47.1 Å². The van der Waals surface area contributed by atoms with Gasteiger partial charge < -0.3 is 39.4 Å². The molecule has 0 radical (unpaired) electrons. The van der Waals surface area contributed by atoms with Gasteiger partial charge in [-0.15, -0.1) is 0 Å². The van der Waals surface area contributed by atoms with Gasteiger partial charge in [0, 0.05) is 25.2 Å². The van der Waals surface area contributed by atoms with E-state index in [1.807, 2.05) is 19.9 Å². The van der Waals surface area contributed by atoms with Crippen LogP contribution < -0.4 is 0 Å². The first kappa shape index (κ1) is 29.6. The number of carbonyl (C=O) groups excluding carboxylic acids is 1. The molecular formula is C31H44O9. The number of allylic oxidation sites excluding steroid dienone is 2. The monoisotopic (exact) mass is 560 g/mol. The molecule has 11 unspecified atom stereocenters. The van der Waals surface area contributed by atoms with Crippen LogP contribution in [0.2, 0.25) is 0 Å². The van der Waals surface area contributed by atoms with Gasteiger partial charge in [0.05, 0.1) is 31.5 Å². The molecule has 222 valence electrons. The van der Waals surface area contributed by atoms with Crippen LogP contribution in [0, 0.1) is 17.8 Å². The molecule has 1 aliphatic carbocycles. The molecule has 0 aromatic carbocycles. The third-order valence-electron chi connectivity index (χ3n) is 9.60. The zero-order chi connectivity index (χ0) is 28.8. The van der Waals surface area contributed by atoms with Gasteiger partial charge in [0.25, 0.3) is 0 Å². The molecule has 11 atom stereocenters. The highest BCUT2D eigenvalue weighted by Crippen LogP contribution is 2.47. The molecule has 3 saturated heterocycles. The summed E-state index contributed by atoms with van der Waals surface area (Å²) < 4.78 is 25.0. The Balaban J connectivity index is 1.55. The van der Waals surface area contributed by atoms with Crippen LogP contribution in [0.1, 0.15) is 59.8 Å². The summed E-state index contributed by atoms with van der Waals surface area (Å²) in [5, 5.41) is 43.9. The van der Waals surface area contributed by atoms with E-state index < -0.39 is 47.7 Å². The minimum atomic E-state index is -1.79. The highest BCUT2D eigenvalue weighted by atomic mass is 16.7. The minimum absolute atomic E-state index is 0.0325. The van der Waals surface area contributed by atoms with Crippen LogP contribution in [-0.4, -0.2) is 87.6 Å². The average molecular weight is 561 g/mol.